The number of benzene rings is 2. The Morgan fingerprint density at radius 3 is 2.76 bits per heavy atom. The molecule has 1 saturated heterocycles. The van der Waals surface area contributed by atoms with Gasteiger partial charge in [-0.3, -0.25) is 9.69 Å². The Hall–Kier alpha value is -2.93. The van der Waals surface area contributed by atoms with Crippen LogP contribution < -0.4 is 19.7 Å². The van der Waals surface area contributed by atoms with Crippen molar-refractivity contribution in [3.05, 3.63) is 52.5 Å². The Balaban J connectivity index is 1.38. The number of cyclic esters (lactones) is 1. The topological polar surface area (TPSA) is 77.1 Å². The Morgan fingerprint density at radius 2 is 1.93 bits per heavy atom. The number of carbonyl (C=O) groups excluding carboxylic acids is 2. The van der Waals surface area contributed by atoms with Crippen LogP contribution in [-0.2, 0) is 22.5 Å². The van der Waals surface area contributed by atoms with Crippen molar-refractivity contribution in [2.75, 3.05) is 31.3 Å². The van der Waals surface area contributed by atoms with Gasteiger partial charge in [0.2, 0.25) is 5.91 Å². The standard InChI is InChI=1S/C21H21ClN2O5/c22-17-10-15(11-18-20(17)28-7-2-6-27-18)12-19(25)23-13-14-3-1-4-16(9-14)24-5-8-29-21(24)26/h1,3-4,9-11H,2,5-8,12-13H2,(H,23,25). The highest BCUT2D eigenvalue weighted by Gasteiger charge is 2.23. The van der Waals surface area contributed by atoms with Gasteiger partial charge in [-0.15, -0.1) is 0 Å². The molecule has 29 heavy (non-hydrogen) atoms. The molecule has 2 aromatic rings. The molecule has 1 N–H and O–H groups in total. The monoisotopic (exact) mass is 416 g/mol. The summed E-state index contributed by atoms with van der Waals surface area (Å²) in [6, 6.07) is 11.0. The normalized spacial score (nSPS) is 15.6. The molecule has 0 spiro atoms. The third-order valence-corrected chi connectivity index (χ3v) is 4.98. The second-order valence-corrected chi connectivity index (χ2v) is 7.25. The maximum Gasteiger partial charge on any atom is 0.414 e. The Labute approximate surface area is 173 Å². The van der Waals surface area contributed by atoms with Crippen LogP contribution in [0.3, 0.4) is 0 Å². The number of fused-ring (bicyclic) bond motifs is 1. The van der Waals surface area contributed by atoms with Gasteiger partial charge in [0.15, 0.2) is 11.5 Å². The van der Waals surface area contributed by atoms with Crippen LogP contribution >= 0.6 is 11.6 Å². The van der Waals surface area contributed by atoms with Gasteiger partial charge in [-0.25, -0.2) is 4.79 Å². The molecule has 0 atom stereocenters. The summed E-state index contributed by atoms with van der Waals surface area (Å²) in [5, 5.41) is 3.34. The number of halogens is 1. The largest absolute Gasteiger partial charge is 0.489 e. The summed E-state index contributed by atoms with van der Waals surface area (Å²) in [4.78, 5) is 25.7. The van der Waals surface area contributed by atoms with Gasteiger partial charge >= 0.3 is 6.09 Å². The molecule has 2 aliphatic heterocycles. The van der Waals surface area contributed by atoms with E-state index in [9.17, 15) is 9.59 Å². The molecule has 0 radical (unpaired) electrons. The molecular formula is C21H21ClN2O5. The van der Waals surface area contributed by atoms with Crippen LogP contribution in [0, 0.1) is 0 Å². The molecule has 0 aliphatic carbocycles. The van der Waals surface area contributed by atoms with Gasteiger partial charge in [0.05, 0.1) is 31.2 Å². The van der Waals surface area contributed by atoms with Crippen molar-refractivity contribution in [2.24, 2.45) is 0 Å². The van der Waals surface area contributed by atoms with Gasteiger partial charge < -0.3 is 19.5 Å². The average Bonchev–Trinajstić information content (AvgIpc) is 2.99. The first-order valence-electron chi connectivity index (χ1n) is 9.48. The Bertz CT molecular complexity index is 933. The summed E-state index contributed by atoms with van der Waals surface area (Å²) in [6.07, 6.45) is 0.612. The zero-order valence-electron chi connectivity index (χ0n) is 15.8. The number of nitrogens with one attached hydrogen (secondary N) is 1. The van der Waals surface area contributed by atoms with E-state index in [1.165, 1.54) is 0 Å². The van der Waals surface area contributed by atoms with Gasteiger partial charge in [0.1, 0.15) is 6.61 Å². The van der Waals surface area contributed by atoms with Gasteiger partial charge in [-0.05, 0) is 35.4 Å². The summed E-state index contributed by atoms with van der Waals surface area (Å²) in [6.45, 7) is 2.38. The molecule has 2 amide bonds. The smallest absolute Gasteiger partial charge is 0.414 e. The number of nitrogens with zero attached hydrogens (tertiary/aromatic N) is 1. The lowest BCUT2D eigenvalue weighted by atomic mass is 10.1. The second-order valence-electron chi connectivity index (χ2n) is 6.84. The predicted octanol–water partition coefficient (Wildman–Crippen LogP) is 3.32. The summed E-state index contributed by atoms with van der Waals surface area (Å²) >= 11 is 6.29. The lowest BCUT2D eigenvalue weighted by Crippen LogP contribution is -2.25. The first kappa shape index (κ1) is 19.4. The summed E-state index contributed by atoms with van der Waals surface area (Å²) in [5.41, 5.74) is 2.41. The average molecular weight is 417 g/mol. The highest BCUT2D eigenvalue weighted by Crippen LogP contribution is 2.38. The molecule has 2 aromatic carbocycles. The van der Waals surface area contributed by atoms with Crippen LogP contribution in [0.5, 0.6) is 11.5 Å². The van der Waals surface area contributed by atoms with Gasteiger partial charge in [-0.1, -0.05) is 23.7 Å². The van der Waals surface area contributed by atoms with Crippen LogP contribution in [0.4, 0.5) is 10.5 Å². The summed E-state index contributed by atoms with van der Waals surface area (Å²) < 4.78 is 16.2. The molecule has 0 bridgehead atoms. The molecule has 7 nitrogen and oxygen atoms in total. The minimum Gasteiger partial charge on any atom is -0.489 e. The Morgan fingerprint density at radius 1 is 1.07 bits per heavy atom. The van der Waals surface area contributed by atoms with Crippen LogP contribution in [0.1, 0.15) is 17.5 Å². The van der Waals surface area contributed by atoms with Crippen LogP contribution in [-0.4, -0.2) is 38.4 Å². The fourth-order valence-electron chi connectivity index (χ4n) is 3.30. The fraction of sp³-hybridized carbons (Fsp3) is 0.333. The minimum atomic E-state index is -0.350. The van der Waals surface area contributed by atoms with E-state index >= 15 is 0 Å². The molecule has 0 unspecified atom stereocenters. The second kappa shape index (κ2) is 8.61. The zero-order chi connectivity index (χ0) is 20.2. The molecule has 152 valence electrons. The first-order chi connectivity index (χ1) is 14.1. The molecule has 4 rings (SSSR count). The lowest BCUT2D eigenvalue weighted by Gasteiger charge is -2.14. The van der Waals surface area contributed by atoms with Crippen molar-refractivity contribution in [1.29, 1.82) is 0 Å². The van der Waals surface area contributed by atoms with E-state index in [2.05, 4.69) is 5.32 Å². The maximum absolute atomic E-state index is 12.4. The van der Waals surface area contributed by atoms with Crippen molar-refractivity contribution in [3.63, 3.8) is 0 Å². The van der Waals surface area contributed by atoms with E-state index in [0.29, 0.717) is 49.4 Å². The van der Waals surface area contributed by atoms with Crippen molar-refractivity contribution in [1.82, 2.24) is 5.32 Å². The lowest BCUT2D eigenvalue weighted by molar-refractivity contribution is -0.120. The third kappa shape index (κ3) is 4.56. The third-order valence-electron chi connectivity index (χ3n) is 4.70. The molecule has 2 heterocycles. The van der Waals surface area contributed by atoms with Crippen molar-refractivity contribution >= 4 is 29.3 Å². The maximum atomic E-state index is 12.4. The number of rotatable bonds is 5. The van der Waals surface area contributed by atoms with E-state index < -0.39 is 0 Å². The zero-order valence-corrected chi connectivity index (χ0v) is 16.5. The predicted molar refractivity (Wildman–Crippen MR) is 108 cm³/mol. The number of amides is 2. The number of ether oxygens (including phenoxy) is 3. The van der Waals surface area contributed by atoms with Crippen LogP contribution in [0.2, 0.25) is 5.02 Å². The number of carbonyl (C=O) groups is 2. The molecule has 1 fully saturated rings. The van der Waals surface area contributed by atoms with Crippen molar-refractivity contribution in [2.45, 2.75) is 19.4 Å². The van der Waals surface area contributed by atoms with Crippen molar-refractivity contribution < 1.29 is 23.8 Å². The quantitative estimate of drug-likeness (QED) is 0.809. The van der Waals surface area contributed by atoms with Crippen LogP contribution in [0.25, 0.3) is 0 Å². The molecule has 2 aliphatic rings. The molecule has 0 saturated carbocycles. The van der Waals surface area contributed by atoms with Crippen LogP contribution in [0.15, 0.2) is 36.4 Å². The van der Waals surface area contributed by atoms with Gasteiger partial charge in [0.25, 0.3) is 0 Å². The van der Waals surface area contributed by atoms with Crippen molar-refractivity contribution in [3.8, 4) is 11.5 Å². The van der Waals surface area contributed by atoms with E-state index in [1.807, 2.05) is 24.3 Å². The Kier molecular flexibility index (Phi) is 5.76. The highest BCUT2D eigenvalue weighted by molar-refractivity contribution is 6.32. The number of anilines is 1. The SMILES string of the molecule is O=C(Cc1cc(Cl)c2c(c1)OCCCO2)NCc1cccc(N2CCOC2=O)c1. The molecule has 0 aromatic heterocycles. The minimum absolute atomic E-state index is 0.137. The van der Waals surface area contributed by atoms with Gasteiger partial charge in [-0.2, -0.15) is 0 Å². The van der Waals surface area contributed by atoms with Gasteiger partial charge in [0, 0.05) is 18.7 Å². The first-order valence-corrected chi connectivity index (χ1v) is 9.86. The van der Waals surface area contributed by atoms with E-state index in [4.69, 9.17) is 25.8 Å². The number of hydrogen-bond acceptors (Lipinski definition) is 5. The van der Waals surface area contributed by atoms with E-state index in [0.717, 1.165) is 23.2 Å². The van der Waals surface area contributed by atoms with E-state index in [1.54, 1.807) is 17.0 Å². The highest BCUT2D eigenvalue weighted by atomic mass is 35.5. The fourth-order valence-corrected chi connectivity index (χ4v) is 3.58. The summed E-state index contributed by atoms with van der Waals surface area (Å²) in [5.74, 6) is 0.968. The summed E-state index contributed by atoms with van der Waals surface area (Å²) in [7, 11) is 0. The number of hydrogen-bond donors (Lipinski definition) is 1. The van der Waals surface area contributed by atoms with E-state index in [-0.39, 0.29) is 18.4 Å². The molecular weight excluding hydrogens is 396 g/mol. The molecule has 8 heteroatoms.